The van der Waals surface area contributed by atoms with Gasteiger partial charge in [-0.25, -0.2) is 4.39 Å². The number of benzene rings is 1. The SMILES string of the molecule is Cc1c(F)cc(C(=O)NC2CC2)cc1-c1ccc(C(=O)N2CCCCC2)s1. The molecule has 2 heterocycles. The van der Waals surface area contributed by atoms with Crippen LogP contribution in [0.5, 0.6) is 0 Å². The third-order valence-electron chi connectivity index (χ3n) is 5.24. The molecule has 2 aliphatic rings. The molecular formula is C21H23FN2O2S. The van der Waals surface area contributed by atoms with Crippen LogP contribution in [0, 0.1) is 12.7 Å². The van der Waals surface area contributed by atoms with Crippen LogP contribution in [0.1, 0.15) is 57.7 Å². The zero-order chi connectivity index (χ0) is 19.0. The van der Waals surface area contributed by atoms with Crippen LogP contribution in [0.15, 0.2) is 24.3 Å². The Balaban J connectivity index is 1.60. The van der Waals surface area contributed by atoms with Gasteiger partial charge in [-0.2, -0.15) is 0 Å². The largest absolute Gasteiger partial charge is 0.349 e. The van der Waals surface area contributed by atoms with Crippen LogP contribution in [0.25, 0.3) is 10.4 Å². The van der Waals surface area contributed by atoms with E-state index < -0.39 is 5.82 Å². The molecule has 2 amide bonds. The summed E-state index contributed by atoms with van der Waals surface area (Å²) in [5.74, 6) is -0.587. The summed E-state index contributed by atoms with van der Waals surface area (Å²) >= 11 is 1.37. The quantitative estimate of drug-likeness (QED) is 0.848. The normalized spacial score (nSPS) is 17.0. The first kappa shape index (κ1) is 18.2. The van der Waals surface area contributed by atoms with Crippen molar-refractivity contribution in [3.05, 3.63) is 46.1 Å². The van der Waals surface area contributed by atoms with E-state index in [0.717, 1.165) is 43.6 Å². The third kappa shape index (κ3) is 3.90. The Morgan fingerprint density at radius 3 is 2.59 bits per heavy atom. The van der Waals surface area contributed by atoms with Gasteiger partial charge in [0.15, 0.2) is 0 Å². The van der Waals surface area contributed by atoms with Crippen molar-refractivity contribution in [1.29, 1.82) is 0 Å². The molecule has 0 radical (unpaired) electrons. The molecule has 1 saturated heterocycles. The molecule has 0 unspecified atom stereocenters. The lowest BCUT2D eigenvalue weighted by Crippen LogP contribution is -2.35. The van der Waals surface area contributed by atoms with E-state index in [-0.39, 0.29) is 17.9 Å². The number of carbonyl (C=O) groups is 2. The first-order chi connectivity index (χ1) is 13.0. The second-order valence-corrected chi connectivity index (χ2v) is 8.48. The Morgan fingerprint density at radius 1 is 1.15 bits per heavy atom. The van der Waals surface area contributed by atoms with E-state index in [2.05, 4.69) is 5.32 Å². The van der Waals surface area contributed by atoms with Crippen molar-refractivity contribution < 1.29 is 14.0 Å². The summed E-state index contributed by atoms with van der Waals surface area (Å²) in [4.78, 5) is 28.4. The van der Waals surface area contributed by atoms with Gasteiger partial charge in [0.1, 0.15) is 5.82 Å². The number of carbonyl (C=O) groups excluding carboxylic acids is 2. The van der Waals surface area contributed by atoms with Crippen LogP contribution in [0.3, 0.4) is 0 Å². The van der Waals surface area contributed by atoms with Gasteiger partial charge < -0.3 is 10.2 Å². The molecule has 1 aliphatic heterocycles. The molecule has 6 heteroatoms. The molecular weight excluding hydrogens is 363 g/mol. The van der Waals surface area contributed by atoms with Crippen LogP contribution in [0.4, 0.5) is 4.39 Å². The number of thiophene rings is 1. The average Bonchev–Trinajstić information content (AvgIpc) is 3.36. The average molecular weight is 386 g/mol. The Kier molecular flexibility index (Phi) is 5.00. The molecule has 27 heavy (non-hydrogen) atoms. The van der Waals surface area contributed by atoms with Crippen LogP contribution in [-0.2, 0) is 0 Å². The molecule has 1 aromatic carbocycles. The highest BCUT2D eigenvalue weighted by Crippen LogP contribution is 2.33. The first-order valence-electron chi connectivity index (χ1n) is 9.53. The number of nitrogens with zero attached hydrogens (tertiary/aromatic N) is 1. The minimum atomic E-state index is -0.397. The van der Waals surface area contributed by atoms with Crippen molar-refractivity contribution in [3.8, 4) is 10.4 Å². The topological polar surface area (TPSA) is 49.4 Å². The van der Waals surface area contributed by atoms with Gasteiger partial charge in [-0.05, 0) is 74.4 Å². The molecule has 1 aliphatic carbocycles. The van der Waals surface area contributed by atoms with Crippen molar-refractivity contribution >= 4 is 23.2 Å². The van der Waals surface area contributed by atoms with Gasteiger partial charge in [-0.15, -0.1) is 11.3 Å². The Bertz CT molecular complexity index is 882. The molecule has 1 saturated carbocycles. The number of likely N-dealkylation sites (tertiary alicyclic amines) is 1. The van der Waals surface area contributed by atoms with E-state index in [1.165, 1.54) is 23.8 Å². The van der Waals surface area contributed by atoms with E-state index in [1.807, 2.05) is 17.0 Å². The number of hydrogen-bond acceptors (Lipinski definition) is 3. The zero-order valence-electron chi connectivity index (χ0n) is 15.4. The van der Waals surface area contributed by atoms with Crippen molar-refractivity contribution in [2.45, 2.75) is 45.1 Å². The lowest BCUT2D eigenvalue weighted by atomic mass is 10.0. The molecule has 0 spiro atoms. The first-order valence-corrected chi connectivity index (χ1v) is 10.3. The Labute approximate surface area is 162 Å². The summed E-state index contributed by atoms with van der Waals surface area (Å²) in [6, 6.07) is 6.92. The molecule has 4 rings (SSSR count). The molecule has 142 valence electrons. The van der Waals surface area contributed by atoms with Gasteiger partial charge in [0.05, 0.1) is 4.88 Å². The fourth-order valence-corrected chi connectivity index (χ4v) is 4.46. The van der Waals surface area contributed by atoms with E-state index in [0.29, 0.717) is 21.6 Å². The molecule has 1 aromatic heterocycles. The van der Waals surface area contributed by atoms with Crippen molar-refractivity contribution in [1.82, 2.24) is 10.2 Å². The maximum atomic E-state index is 14.4. The molecule has 2 aromatic rings. The van der Waals surface area contributed by atoms with Crippen LogP contribution >= 0.6 is 11.3 Å². The van der Waals surface area contributed by atoms with E-state index >= 15 is 0 Å². The van der Waals surface area contributed by atoms with Crippen molar-refractivity contribution in [2.75, 3.05) is 13.1 Å². The minimum Gasteiger partial charge on any atom is -0.349 e. The second kappa shape index (κ2) is 7.43. The zero-order valence-corrected chi connectivity index (χ0v) is 16.2. The second-order valence-electron chi connectivity index (χ2n) is 7.40. The highest BCUT2D eigenvalue weighted by molar-refractivity contribution is 7.17. The number of nitrogens with one attached hydrogen (secondary N) is 1. The van der Waals surface area contributed by atoms with Gasteiger partial charge in [0.2, 0.25) is 0 Å². The summed E-state index contributed by atoms with van der Waals surface area (Å²) < 4.78 is 14.4. The van der Waals surface area contributed by atoms with Gasteiger partial charge in [0.25, 0.3) is 11.8 Å². The number of rotatable bonds is 4. The van der Waals surface area contributed by atoms with Crippen LogP contribution < -0.4 is 5.32 Å². The van der Waals surface area contributed by atoms with Gasteiger partial charge >= 0.3 is 0 Å². The standard InChI is InChI=1S/C21H23FN2O2S/c1-13-16(11-14(12-17(13)22)20(25)23-15-5-6-15)18-7-8-19(27-18)21(26)24-9-3-2-4-10-24/h7-8,11-12,15H,2-6,9-10H2,1H3,(H,23,25). The number of halogens is 1. The molecule has 0 bridgehead atoms. The fraction of sp³-hybridized carbons (Fsp3) is 0.429. The maximum Gasteiger partial charge on any atom is 0.263 e. The lowest BCUT2D eigenvalue weighted by Gasteiger charge is -2.26. The van der Waals surface area contributed by atoms with E-state index in [4.69, 9.17) is 0 Å². The minimum absolute atomic E-state index is 0.0479. The summed E-state index contributed by atoms with van der Waals surface area (Å²) in [6.07, 6.45) is 5.24. The van der Waals surface area contributed by atoms with Crippen LogP contribution in [0.2, 0.25) is 0 Å². The Morgan fingerprint density at radius 2 is 1.89 bits per heavy atom. The molecule has 2 fully saturated rings. The van der Waals surface area contributed by atoms with Gasteiger partial charge in [0, 0.05) is 29.6 Å². The van der Waals surface area contributed by atoms with Gasteiger partial charge in [-0.3, -0.25) is 9.59 Å². The summed E-state index contributed by atoms with van der Waals surface area (Å²) in [5, 5.41) is 2.90. The molecule has 0 atom stereocenters. The lowest BCUT2D eigenvalue weighted by molar-refractivity contribution is 0.0729. The van der Waals surface area contributed by atoms with Crippen molar-refractivity contribution in [2.24, 2.45) is 0 Å². The predicted octanol–water partition coefficient (Wildman–Crippen LogP) is 4.38. The van der Waals surface area contributed by atoms with E-state index in [9.17, 15) is 14.0 Å². The highest BCUT2D eigenvalue weighted by atomic mass is 32.1. The fourth-order valence-electron chi connectivity index (χ4n) is 3.41. The molecule has 1 N–H and O–H groups in total. The predicted molar refractivity (Wildman–Crippen MR) is 105 cm³/mol. The number of hydrogen-bond donors (Lipinski definition) is 1. The van der Waals surface area contributed by atoms with Crippen molar-refractivity contribution in [3.63, 3.8) is 0 Å². The molecule has 4 nitrogen and oxygen atoms in total. The summed E-state index contributed by atoms with van der Waals surface area (Å²) in [6.45, 7) is 3.31. The number of piperidine rings is 1. The monoisotopic (exact) mass is 386 g/mol. The highest BCUT2D eigenvalue weighted by Gasteiger charge is 2.25. The summed E-state index contributed by atoms with van der Waals surface area (Å²) in [7, 11) is 0. The van der Waals surface area contributed by atoms with E-state index in [1.54, 1.807) is 13.0 Å². The van der Waals surface area contributed by atoms with Crippen LogP contribution in [-0.4, -0.2) is 35.8 Å². The number of amides is 2. The van der Waals surface area contributed by atoms with Gasteiger partial charge in [-0.1, -0.05) is 0 Å². The smallest absolute Gasteiger partial charge is 0.263 e. The Hall–Kier alpha value is -2.21. The summed E-state index contributed by atoms with van der Waals surface area (Å²) in [5.41, 5.74) is 1.51. The maximum absolute atomic E-state index is 14.4. The third-order valence-corrected chi connectivity index (χ3v) is 6.35.